The van der Waals surface area contributed by atoms with E-state index in [1.54, 1.807) is 0 Å². The molecule has 0 aliphatic carbocycles. The molecular weight excluding hydrogens is 1020 g/mol. The van der Waals surface area contributed by atoms with Gasteiger partial charge in [-0.1, -0.05) is 87.5 Å². The van der Waals surface area contributed by atoms with Gasteiger partial charge < -0.3 is 0 Å². The van der Waals surface area contributed by atoms with Gasteiger partial charge in [-0.25, -0.2) is 0 Å². The number of rotatable bonds is 7. The summed E-state index contributed by atoms with van der Waals surface area (Å²) in [5, 5.41) is 0. The molecule has 0 saturated carbocycles. The first kappa shape index (κ1) is 38.8. The largest absolute Gasteiger partial charge is 0.0622 e. The quantitative estimate of drug-likeness (QED) is 0.117. The number of anilines is 7. The van der Waals surface area contributed by atoms with E-state index in [0.717, 1.165) is 54.8 Å². The predicted molar refractivity (Wildman–Crippen MR) is 237 cm³/mol. The minimum Gasteiger partial charge on any atom is -0.0622 e. The van der Waals surface area contributed by atoms with Crippen molar-refractivity contribution in [3.8, 4) is 33.8 Å². The molecule has 8 aromatic rings. The van der Waals surface area contributed by atoms with Crippen LogP contribution in [0.5, 0.6) is 11.5 Å². The van der Waals surface area contributed by atoms with Gasteiger partial charge in [-0.05, 0) is 34.2 Å². The van der Waals surface area contributed by atoms with Crippen molar-refractivity contribution in [2.75, 3.05) is 14.7 Å². The summed E-state index contributed by atoms with van der Waals surface area (Å²) in [6.07, 6.45) is 3.69. The molecule has 0 spiro atoms. The molecule has 2 aliphatic heterocycles. The van der Waals surface area contributed by atoms with Crippen LogP contribution in [-0.2, 0) is 26.5 Å². The van der Waals surface area contributed by atoms with Crippen LogP contribution in [0.1, 0.15) is 26.3 Å². The normalized spacial score (nSPS) is 13.0. The van der Waals surface area contributed by atoms with Gasteiger partial charge in [-0.3, -0.25) is 0 Å². The van der Waals surface area contributed by atoms with Crippen LogP contribution in [-0.4, -0.2) is 30.9 Å². The van der Waals surface area contributed by atoms with Gasteiger partial charge in [0.2, 0.25) is 0 Å². The fraction of sp³-hybridized carbons (Fsp3) is 0.0784. The van der Waals surface area contributed by atoms with Crippen LogP contribution in [0.2, 0.25) is 0 Å². The summed E-state index contributed by atoms with van der Waals surface area (Å²) in [5.41, 5.74) is 12.0. The Morgan fingerprint density at radius 2 is 1.22 bits per heavy atom. The van der Waals surface area contributed by atoms with Crippen molar-refractivity contribution < 1.29 is 25.8 Å². The first-order chi connectivity index (χ1) is 28.4. The Labute approximate surface area is 370 Å². The number of pyridine rings is 2. The van der Waals surface area contributed by atoms with E-state index < -0.39 is 20.9 Å². The first-order valence-corrected chi connectivity index (χ1v) is 21.6. The van der Waals surface area contributed by atoms with E-state index in [-0.39, 0.29) is 26.5 Å². The van der Waals surface area contributed by atoms with Gasteiger partial charge in [0.25, 0.3) is 0 Å². The van der Waals surface area contributed by atoms with Crippen molar-refractivity contribution in [3.63, 3.8) is 0 Å². The van der Waals surface area contributed by atoms with Gasteiger partial charge in [0.15, 0.2) is 0 Å². The van der Waals surface area contributed by atoms with Crippen molar-refractivity contribution in [3.05, 3.63) is 194 Å². The van der Waals surface area contributed by atoms with Crippen molar-refractivity contribution in [2.45, 2.75) is 26.2 Å². The molecule has 0 N–H and O–H groups in total. The average molecular weight is 1060 g/mol. The molecule has 292 valence electrons. The van der Waals surface area contributed by atoms with Crippen LogP contribution in [0.15, 0.2) is 170 Å². The first-order valence-electron chi connectivity index (χ1n) is 19.3. The SMILES string of the molecule is CC(C)(C)c1cc(-c2ccccc2)c(N2[CH-]N(c3[c-]c(Oc4[c-]c5c(cc4)[Te]c4ncccc4N5c4ccccn4)ccc3)c3ccccc32)c(-c2ccccc2)c1.[Pt]. The van der Waals surface area contributed by atoms with Crippen LogP contribution >= 0.6 is 0 Å². The Hall–Kier alpha value is -5.70. The van der Waals surface area contributed by atoms with E-state index in [2.05, 4.69) is 170 Å². The second-order valence-corrected chi connectivity index (χ2v) is 18.2. The Kier molecular flexibility index (Phi) is 10.6. The Bertz CT molecular complexity index is 2720. The molecule has 10 rings (SSSR count). The van der Waals surface area contributed by atoms with Gasteiger partial charge in [0.05, 0.1) is 0 Å². The third-order valence-corrected chi connectivity index (χ3v) is 13.4. The van der Waals surface area contributed by atoms with Gasteiger partial charge in [-0.15, -0.1) is 0 Å². The fourth-order valence-electron chi connectivity index (χ4n) is 7.58. The molecular formula is C51H38N5OPtTe-3. The zero-order chi connectivity index (χ0) is 39.2. The van der Waals surface area contributed by atoms with Crippen molar-refractivity contribution in [1.29, 1.82) is 0 Å². The molecule has 0 fully saturated rings. The smallest absolute Gasteiger partial charge is 0.00382 e. The van der Waals surface area contributed by atoms with Crippen molar-refractivity contribution in [2.24, 2.45) is 0 Å². The summed E-state index contributed by atoms with van der Waals surface area (Å²) < 4.78 is 8.96. The van der Waals surface area contributed by atoms with Crippen molar-refractivity contribution >= 4 is 68.2 Å². The summed E-state index contributed by atoms with van der Waals surface area (Å²) >= 11 is -0.733. The van der Waals surface area contributed by atoms with E-state index in [0.29, 0.717) is 11.5 Å². The minimum atomic E-state index is -0.733. The molecule has 2 aliphatic rings. The number of para-hydroxylation sites is 2. The molecule has 4 heterocycles. The molecule has 0 bridgehead atoms. The van der Waals surface area contributed by atoms with Crippen LogP contribution < -0.4 is 26.8 Å². The zero-order valence-electron chi connectivity index (χ0n) is 32.6. The number of fused-ring (bicyclic) bond motifs is 3. The van der Waals surface area contributed by atoms with E-state index in [9.17, 15) is 0 Å². The van der Waals surface area contributed by atoms with E-state index >= 15 is 0 Å². The molecule has 6 nitrogen and oxygen atoms in total. The summed E-state index contributed by atoms with van der Waals surface area (Å²) in [5.74, 6) is 2.03. The summed E-state index contributed by atoms with van der Waals surface area (Å²) in [6.45, 7) is 9.04. The van der Waals surface area contributed by atoms with E-state index in [4.69, 9.17) is 14.7 Å². The van der Waals surface area contributed by atoms with Gasteiger partial charge in [0.1, 0.15) is 0 Å². The average Bonchev–Trinajstić information content (AvgIpc) is 3.65. The molecule has 0 saturated heterocycles. The molecule has 0 atom stereocenters. The minimum absolute atomic E-state index is 0. The molecule has 8 heteroatoms. The number of hydrogen-bond acceptors (Lipinski definition) is 6. The molecule has 0 unspecified atom stereocenters. The zero-order valence-corrected chi connectivity index (χ0v) is 37.2. The molecule has 6 aromatic carbocycles. The Morgan fingerprint density at radius 3 is 1.90 bits per heavy atom. The number of benzene rings is 6. The summed E-state index contributed by atoms with van der Waals surface area (Å²) in [6, 6.07) is 62.3. The molecule has 59 heavy (non-hydrogen) atoms. The van der Waals surface area contributed by atoms with E-state index in [1.165, 1.54) is 20.3 Å². The number of ether oxygens (including phenoxy) is 1. The standard InChI is InChI=1S/C51H38N5OTe.Pt/c1-51(2,3)37-30-41(35-16-6-4-7-17-35)49(42(31-37)36-18-8-5-9-19-36)55-34-54(43-22-10-11-23-44(43)55)38-20-14-21-39(32-38)57-40-26-27-47-46(33-40)56(48-25-12-13-28-52-48)45-24-15-29-53-50(45)58-47;/h4-31,34H,1-3H3;/q-3;. The van der Waals surface area contributed by atoms with Gasteiger partial charge >= 0.3 is 219 Å². The maximum atomic E-state index is 6.60. The molecule has 0 amide bonds. The number of hydrogen-bond donors (Lipinski definition) is 0. The predicted octanol–water partition coefficient (Wildman–Crippen LogP) is 11.3. The maximum Gasteiger partial charge on any atom is 0.00382 e. The Morgan fingerprint density at radius 1 is 0.593 bits per heavy atom. The van der Waals surface area contributed by atoms with Crippen LogP contribution in [0.4, 0.5) is 39.9 Å². The fourth-order valence-corrected chi connectivity index (χ4v) is 10.3. The summed E-state index contributed by atoms with van der Waals surface area (Å²) in [4.78, 5) is 16.2. The third-order valence-electron chi connectivity index (χ3n) is 10.4. The molecule has 2 aromatic heterocycles. The Balaban J connectivity index is 0.00000449. The summed E-state index contributed by atoms with van der Waals surface area (Å²) in [7, 11) is 0. The number of nitrogens with zero attached hydrogens (tertiary/aromatic N) is 5. The van der Waals surface area contributed by atoms with E-state index in [1.807, 2.05) is 54.9 Å². The van der Waals surface area contributed by atoms with Crippen molar-refractivity contribution in [1.82, 2.24) is 9.97 Å². The maximum absolute atomic E-state index is 6.60. The van der Waals surface area contributed by atoms with Crippen LogP contribution in [0, 0.1) is 18.8 Å². The van der Waals surface area contributed by atoms with Crippen LogP contribution in [0.3, 0.4) is 0 Å². The van der Waals surface area contributed by atoms with Crippen LogP contribution in [0.25, 0.3) is 22.3 Å². The second kappa shape index (κ2) is 16.2. The second-order valence-electron chi connectivity index (χ2n) is 15.2. The monoisotopic (exact) mass is 1060 g/mol. The topological polar surface area (TPSA) is 44.7 Å². The third kappa shape index (κ3) is 7.45. The van der Waals surface area contributed by atoms with Gasteiger partial charge in [0, 0.05) is 32.2 Å². The number of aromatic nitrogens is 2. The van der Waals surface area contributed by atoms with Gasteiger partial charge in [-0.2, -0.15) is 0 Å². The molecule has 0 radical (unpaired) electrons.